The van der Waals surface area contributed by atoms with Crippen molar-refractivity contribution in [1.29, 1.82) is 0 Å². The van der Waals surface area contributed by atoms with Gasteiger partial charge in [0.1, 0.15) is 0 Å². The Morgan fingerprint density at radius 3 is 2.55 bits per heavy atom. The number of rotatable bonds is 2. The van der Waals surface area contributed by atoms with E-state index in [0.29, 0.717) is 21.2 Å². The van der Waals surface area contributed by atoms with Crippen molar-refractivity contribution in [3.05, 3.63) is 69.3 Å². The van der Waals surface area contributed by atoms with Crippen LogP contribution in [0.25, 0.3) is 10.9 Å². The average molecular weight is 304 g/mol. The number of hydrogen-bond acceptors (Lipinski definition) is 1. The Bertz CT molecular complexity index is 820. The minimum absolute atomic E-state index is 0.0569. The molecule has 0 fully saturated rings. The molecule has 0 aliphatic heterocycles. The average Bonchev–Trinajstić information content (AvgIpc) is 2.77. The number of fused-ring (bicyclic) bond motifs is 1. The molecule has 3 aromatic rings. The molecule has 0 unspecified atom stereocenters. The summed E-state index contributed by atoms with van der Waals surface area (Å²) >= 11 is 11.9. The lowest BCUT2D eigenvalue weighted by atomic mass is 10.0. The first-order chi connectivity index (χ1) is 9.58. The Kier molecular flexibility index (Phi) is 3.28. The minimum atomic E-state index is -0.0569. The zero-order chi connectivity index (χ0) is 14.3. The van der Waals surface area contributed by atoms with E-state index < -0.39 is 0 Å². The SMILES string of the molecule is Cc1[nH]c2ccccc2c1C(=O)c1ccc(Cl)c(Cl)c1. The van der Waals surface area contributed by atoms with E-state index in [9.17, 15) is 4.79 Å². The summed E-state index contributed by atoms with van der Waals surface area (Å²) < 4.78 is 0. The lowest BCUT2D eigenvalue weighted by molar-refractivity contribution is 0.104. The number of para-hydroxylation sites is 1. The van der Waals surface area contributed by atoms with Crippen molar-refractivity contribution in [3.63, 3.8) is 0 Å². The molecular weight excluding hydrogens is 293 g/mol. The smallest absolute Gasteiger partial charge is 0.195 e. The molecule has 2 aromatic carbocycles. The highest BCUT2D eigenvalue weighted by atomic mass is 35.5. The van der Waals surface area contributed by atoms with Crippen molar-refractivity contribution in [2.75, 3.05) is 0 Å². The van der Waals surface area contributed by atoms with Crippen molar-refractivity contribution in [2.45, 2.75) is 6.92 Å². The topological polar surface area (TPSA) is 32.9 Å². The molecule has 0 atom stereocenters. The summed E-state index contributed by atoms with van der Waals surface area (Å²) in [5.41, 5.74) is 3.02. The van der Waals surface area contributed by atoms with Crippen LogP contribution in [0.1, 0.15) is 21.6 Å². The van der Waals surface area contributed by atoms with Gasteiger partial charge in [-0.15, -0.1) is 0 Å². The number of benzene rings is 2. The maximum Gasteiger partial charge on any atom is 0.195 e. The molecule has 3 rings (SSSR count). The van der Waals surface area contributed by atoms with Crippen LogP contribution in [-0.2, 0) is 0 Å². The van der Waals surface area contributed by atoms with Crippen molar-refractivity contribution in [1.82, 2.24) is 4.98 Å². The Morgan fingerprint density at radius 1 is 1.05 bits per heavy atom. The van der Waals surface area contributed by atoms with Gasteiger partial charge in [0.25, 0.3) is 0 Å². The van der Waals surface area contributed by atoms with Gasteiger partial charge >= 0.3 is 0 Å². The van der Waals surface area contributed by atoms with E-state index in [1.807, 2.05) is 31.2 Å². The molecule has 0 bridgehead atoms. The molecule has 0 saturated heterocycles. The van der Waals surface area contributed by atoms with E-state index in [0.717, 1.165) is 16.6 Å². The number of aromatic nitrogens is 1. The Hall–Kier alpha value is -1.77. The van der Waals surface area contributed by atoms with E-state index in [-0.39, 0.29) is 5.78 Å². The van der Waals surface area contributed by atoms with Crippen LogP contribution in [0.3, 0.4) is 0 Å². The number of aryl methyl sites for hydroxylation is 1. The fraction of sp³-hybridized carbons (Fsp3) is 0.0625. The van der Waals surface area contributed by atoms with Gasteiger partial charge in [0.05, 0.1) is 15.6 Å². The number of aromatic amines is 1. The summed E-state index contributed by atoms with van der Waals surface area (Å²) in [5.74, 6) is -0.0569. The lowest BCUT2D eigenvalue weighted by Crippen LogP contribution is -2.02. The van der Waals surface area contributed by atoms with Crippen molar-refractivity contribution >= 4 is 39.9 Å². The van der Waals surface area contributed by atoms with E-state index in [1.54, 1.807) is 18.2 Å². The lowest BCUT2D eigenvalue weighted by Gasteiger charge is -2.03. The Balaban J connectivity index is 2.17. The Labute approximate surface area is 126 Å². The molecule has 0 aliphatic rings. The summed E-state index contributed by atoms with van der Waals surface area (Å²) in [6.45, 7) is 1.89. The molecule has 100 valence electrons. The molecule has 2 nitrogen and oxygen atoms in total. The molecular formula is C16H11Cl2NO. The molecule has 0 spiro atoms. The van der Waals surface area contributed by atoms with Gasteiger partial charge in [-0.05, 0) is 31.2 Å². The van der Waals surface area contributed by atoms with Crippen molar-refractivity contribution < 1.29 is 4.79 Å². The van der Waals surface area contributed by atoms with Gasteiger partial charge in [0, 0.05) is 22.2 Å². The van der Waals surface area contributed by atoms with Crippen LogP contribution >= 0.6 is 23.2 Å². The van der Waals surface area contributed by atoms with Crippen molar-refractivity contribution in [3.8, 4) is 0 Å². The van der Waals surface area contributed by atoms with Crippen LogP contribution in [0.2, 0.25) is 10.0 Å². The summed E-state index contributed by atoms with van der Waals surface area (Å²) in [7, 11) is 0. The number of hydrogen-bond donors (Lipinski definition) is 1. The van der Waals surface area contributed by atoms with E-state index in [4.69, 9.17) is 23.2 Å². The quantitative estimate of drug-likeness (QED) is 0.663. The zero-order valence-corrected chi connectivity index (χ0v) is 12.2. The maximum atomic E-state index is 12.7. The highest BCUT2D eigenvalue weighted by Gasteiger charge is 2.18. The van der Waals surface area contributed by atoms with Gasteiger partial charge < -0.3 is 4.98 Å². The van der Waals surface area contributed by atoms with Crippen LogP contribution in [0.15, 0.2) is 42.5 Å². The molecule has 0 saturated carbocycles. The second kappa shape index (κ2) is 4.97. The predicted molar refractivity (Wildman–Crippen MR) is 82.9 cm³/mol. The first-order valence-electron chi connectivity index (χ1n) is 6.15. The molecule has 1 heterocycles. The number of ketones is 1. The van der Waals surface area contributed by atoms with Gasteiger partial charge in [-0.25, -0.2) is 0 Å². The van der Waals surface area contributed by atoms with Gasteiger partial charge in [-0.3, -0.25) is 4.79 Å². The molecule has 0 aliphatic carbocycles. The second-order valence-electron chi connectivity index (χ2n) is 4.63. The summed E-state index contributed by atoms with van der Waals surface area (Å²) in [6.07, 6.45) is 0. The molecule has 1 aromatic heterocycles. The van der Waals surface area contributed by atoms with Crippen LogP contribution < -0.4 is 0 Å². The number of carbonyl (C=O) groups excluding carboxylic acids is 1. The predicted octanol–water partition coefficient (Wildman–Crippen LogP) is 5.01. The third kappa shape index (κ3) is 2.11. The maximum absolute atomic E-state index is 12.7. The van der Waals surface area contributed by atoms with Crippen LogP contribution in [0.4, 0.5) is 0 Å². The molecule has 0 radical (unpaired) electrons. The van der Waals surface area contributed by atoms with Crippen molar-refractivity contribution in [2.24, 2.45) is 0 Å². The Morgan fingerprint density at radius 2 is 1.80 bits per heavy atom. The van der Waals surface area contributed by atoms with Gasteiger partial charge in [0.2, 0.25) is 0 Å². The van der Waals surface area contributed by atoms with Gasteiger partial charge in [-0.1, -0.05) is 41.4 Å². The number of H-pyrrole nitrogens is 1. The summed E-state index contributed by atoms with van der Waals surface area (Å²) in [4.78, 5) is 15.9. The first kappa shape index (κ1) is 13.2. The zero-order valence-electron chi connectivity index (χ0n) is 10.7. The highest BCUT2D eigenvalue weighted by molar-refractivity contribution is 6.42. The van der Waals surface area contributed by atoms with E-state index in [2.05, 4.69) is 4.98 Å². The largest absolute Gasteiger partial charge is 0.358 e. The minimum Gasteiger partial charge on any atom is -0.358 e. The first-order valence-corrected chi connectivity index (χ1v) is 6.90. The third-order valence-electron chi connectivity index (χ3n) is 3.30. The number of nitrogens with one attached hydrogen (secondary N) is 1. The highest BCUT2D eigenvalue weighted by Crippen LogP contribution is 2.28. The fourth-order valence-corrected chi connectivity index (χ4v) is 2.65. The number of halogens is 2. The van der Waals surface area contributed by atoms with Crippen LogP contribution in [-0.4, -0.2) is 10.8 Å². The molecule has 20 heavy (non-hydrogen) atoms. The molecule has 4 heteroatoms. The summed E-state index contributed by atoms with van der Waals surface area (Å²) in [5, 5.41) is 1.75. The van der Waals surface area contributed by atoms with Gasteiger partial charge in [-0.2, -0.15) is 0 Å². The second-order valence-corrected chi connectivity index (χ2v) is 5.44. The standard InChI is InChI=1S/C16H11Cl2NO/c1-9-15(11-4-2-3-5-14(11)19-9)16(20)10-6-7-12(17)13(18)8-10/h2-8,19H,1H3. The van der Waals surface area contributed by atoms with Crippen LogP contribution in [0, 0.1) is 6.92 Å². The number of carbonyl (C=O) groups is 1. The van der Waals surface area contributed by atoms with Gasteiger partial charge in [0.15, 0.2) is 5.78 Å². The molecule has 0 amide bonds. The summed E-state index contributed by atoms with van der Waals surface area (Å²) in [6, 6.07) is 12.7. The third-order valence-corrected chi connectivity index (χ3v) is 4.04. The van der Waals surface area contributed by atoms with E-state index in [1.165, 1.54) is 0 Å². The van der Waals surface area contributed by atoms with Crippen LogP contribution in [0.5, 0.6) is 0 Å². The monoisotopic (exact) mass is 303 g/mol. The molecule has 1 N–H and O–H groups in total. The normalized spacial score (nSPS) is 10.9. The van der Waals surface area contributed by atoms with E-state index >= 15 is 0 Å². The fourth-order valence-electron chi connectivity index (χ4n) is 2.35.